The summed E-state index contributed by atoms with van der Waals surface area (Å²) < 4.78 is 7.30. The number of benzene rings is 17. The topological polar surface area (TPSA) is 19.0 Å². The van der Waals surface area contributed by atoms with Crippen LogP contribution in [0.3, 0.4) is 0 Å². The predicted molar refractivity (Wildman–Crippen MR) is 421 cm³/mol. The Bertz CT molecular complexity index is 6330. The number of ether oxygens (including phenoxy) is 1. The smallest absolute Gasteiger partial charge is 0.256 e. The minimum Gasteiger partial charge on any atom is -0.458 e. The lowest BCUT2D eigenvalue weighted by atomic mass is 9.30. The van der Waals surface area contributed by atoms with Crippen LogP contribution in [-0.2, 0) is 10.8 Å². The first-order valence-corrected chi connectivity index (χ1v) is 34.7. The summed E-state index contributed by atoms with van der Waals surface area (Å²) in [5, 5.41) is 22.6. The monoisotopic (exact) mass is 1250 g/mol. The summed E-state index contributed by atoms with van der Waals surface area (Å²) >= 11 is 0. The Balaban J connectivity index is 0.898. The summed E-state index contributed by atoms with van der Waals surface area (Å²) in [6.07, 6.45) is 0. The molecule has 0 saturated heterocycles. The summed E-state index contributed by atoms with van der Waals surface area (Å²) in [6.45, 7) is 13.8. The van der Waals surface area contributed by atoms with Gasteiger partial charge in [0.15, 0.2) is 0 Å². The molecule has 6 heteroatoms. The first-order valence-electron chi connectivity index (χ1n) is 34.7. The maximum atomic E-state index is 7.30. The van der Waals surface area contributed by atoms with Crippen molar-refractivity contribution >= 4 is 194 Å². The van der Waals surface area contributed by atoms with Crippen molar-refractivity contribution in [3.8, 4) is 11.5 Å². The van der Waals surface area contributed by atoms with Gasteiger partial charge in [-0.05, 0) is 231 Å². The number of hydrogen-bond acceptors (Lipinski definition) is 4. The van der Waals surface area contributed by atoms with Crippen molar-refractivity contribution in [1.82, 2.24) is 0 Å². The van der Waals surface area contributed by atoms with E-state index in [1.807, 2.05) is 0 Å². The first kappa shape index (κ1) is 55.7. The molecule has 0 N–H and O–H groups in total. The molecule has 0 spiro atoms. The lowest BCUT2D eigenvalue weighted by molar-refractivity contribution is 0.483. The molecule has 0 radical (unpaired) electrons. The van der Waals surface area contributed by atoms with Gasteiger partial charge in [-0.3, -0.25) is 0 Å². The molecule has 98 heavy (non-hydrogen) atoms. The van der Waals surface area contributed by atoms with Crippen LogP contribution in [0.1, 0.15) is 52.7 Å². The van der Waals surface area contributed by atoms with Crippen LogP contribution in [0.15, 0.2) is 285 Å². The Hall–Kier alpha value is -11.6. The average Bonchev–Trinajstić information content (AvgIpc) is 0.686. The van der Waals surface area contributed by atoms with Gasteiger partial charge < -0.3 is 19.4 Å². The third kappa shape index (κ3) is 7.74. The molecule has 4 aliphatic heterocycles. The number of anilines is 9. The second-order valence-corrected chi connectivity index (χ2v) is 29.8. The van der Waals surface area contributed by atoms with E-state index in [-0.39, 0.29) is 24.3 Å². The molecule has 4 heterocycles. The molecule has 0 unspecified atom stereocenters. The van der Waals surface area contributed by atoms with Gasteiger partial charge in [0.05, 0.1) is 0 Å². The molecule has 0 fully saturated rings. The van der Waals surface area contributed by atoms with Crippen molar-refractivity contribution in [2.24, 2.45) is 0 Å². The van der Waals surface area contributed by atoms with E-state index in [2.05, 4.69) is 341 Å². The van der Waals surface area contributed by atoms with Gasteiger partial charge in [0.1, 0.15) is 11.5 Å². The highest BCUT2D eigenvalue weighted by Crippen LogP contribution is 2.52. The summed E-state index contributed by atoms with van der Waals surface area (Å²) in [6, 6.07) is 109. The minimum atomic E-state index is -0.243. The standard InChI is InChI=1S/C92H65B2N3O/c1-91(2,3)54-45-84-89-85(46-54)96(57-40-43-72-66-30-11-8-24-60(66)63-27-14-17-33-69(63)75(72)50-57)82-53-83-80(52-79(82)93(89)77-35-19-21-37-81(77)95(84)56-39-42-71-65-29-10-7-23-59(65)62-26-13-16-32-68(62)74(71)49-56)94-78-36-20-22-38-87(78)98-88-48-55(92(4,5)6)47-86(90(88)94)97(83)58-41-44-73-67-31-12-9-25-61(67)64-28-15-18-34-70(64)76(73)51-58/h7-53H,1-6H3. The van der Waals surface area contributed by atoms with Crippen molar-refractivity contribution in [2.45, 2.75) is 52.4 Å². The highest BCUT2D eigenvalue weighted by molar-refractivity contribution is 7.02. The quantitative estimate of drug-likeness (QED) is 0.130. The number of nitrogens with zero attached hydrogens (tertiary/aromatic N) is 3. The van der Waals surface area contributed by atoms with Gasteiger partial charge in [-0.1, -0.05) is 248 Å². The lowest BCUT2D eigenvalue weighted by Crippen LogP contribution is -2.64. The summed E-state index contributed by atoms with van der Waals surface area (Å²) in [5.74, 6) is 1.81. The Labute approximate surface area is 570 Å². The van der Waals surface area contributed by atoms with Gasteiger partial charge in [0, 0.05) is 51.2 Å². The highest BCUT2D eigenvalue weighted by atomic mass is 16.5. The predicted octanol–water partition coefficient (Wildman–Crippen LogP) is 21.1. The summed E-state index contributed by atoms with van der Waals surface area (Å²) in [7, 11) is 0. The molecule has 0 amide bonds. The lowest BCUT2D eigenvalue weighted by Gasteiger charge is -2.47. The van der Waals surface area contributed by atoms with Crippen molar-refractivity contribution in [3.63, 3.8) is 0 Å². The Morgan fingerprint density at radius 2 is 0.531 bits per heavy atom. The number of para-hydroxylation sites is 2. The molecule has 0 aromatic heterocycles. The molecule has 0 aliphatic carbocycles. The van der Waals surface area contributed by atoms with E-state index < -0.39 is 0 Å². The number of fused-ring (bicyclic) bond motifs is 26. The molecule has 460 valence electrons. The highest BCUT2D eigenvalue weighted by Gasteiger charge is 2.49. The zero-order valence-corrected chi connectivity index (χ0v) is 55.5. The van der Waals surface area contributed by atoms with Gasteiger partial charge in [-0.15, -0.1) is 0 Å². The molecule has 0 saturated carbocycles. The van der Waals surface area contributed by atoms with Crippen LogP contribution in [0.5, 0.6) is 11.5 Å². The third-order valence-electron chi connectivity index (χ3n) is 22.5. The SMILES string of the molecule is CC(C)(C)c1cc2c3c(c1)N(c1ccc4c5ccccc5c5ccccc5c4c1)c1cc4c(cc1B3c1ccccc1O2)B1c2ccccc2N(c2ccc3c5ccccc5c5ccccc5c3c2)c2cc(C(C)(C)C)cc(c21)N4c1ccc2c3ccccc3c3ccccc3c2c1. The van der Waals surface area contributed by atoms with E-state index in [1.54, 1.807) is 0 Å². The average molecular weight is 1250 g/mol. The third-order valence-corrected chi connectivity index (χ3v) is 22.5. The van der Waals surface area contributed by atoms with Gasteiger partial charge in [0.2, 0.25) is 0 Å². The van der Waals surface area contributed by atoms with Crippen LogP contribution in [0.25, 0.3) is 97.0 Å². The van der Waals surface area contributed by atoms with Gasteiger partial charge in [-0.25, -0.2) is 0 Å². The molecule has 17 aromatic rings. The molecule has 0 bridgehead atoms. The second-order valence-electron chi connectivity index (χ2n) is 29.8. The van der Waals surface area contributed by atoms with Gasteiger partial charge >= 0.3 is 0 Å². The van der Waals surface area contributed by atoms with E-state index in [0.29, 0.717) is 0 Å². The largest absolute Gasteiger partial charge is 0.458 e. The molecule has 0 atom stereocenters. The number of rotatable bonds is 3. The molecule has 21 rings (SSSR count). The van der Waals surface area contributed by atoms with Crippen molar-refractivity contribution in [2.75, 3.05) is 14.7 Å². The van der Waals surface area contributed by atoms with Crippen molar-refractivity contribution < 1.29 is 4.74 Å². The van der Waals surface area contributed by atoms with Crippen LogP contribution in [0, 0.1) is 0 Å². The van der Waals surface area contributed by atoms with Crippen molar-refractivity contribution in [3.05, 3.63) is 296 Å². The van der Waals surface area contributed by atoms with Crippen LogP contribution < -0.4 is 52.2 Å². The Kier molecular flexibility index (Phi) is 11.4. The van der Waals surface area contributed by atoms with Crippen LogP contribution >= 0.6 is 0 Å². The maximum absolute atomic E-state index is 7.30. The minimum absolute atomic E-state index is 0.155. The fraction of sp³-hybridized carbons (Fsp3) is 0.0870. The Morgan fingerprint density at radius 3 is 0.929 bits per heavy atom. The molecule has 17 aromatic carbocycles. The van der Waals surface area contributed by atoms with Gasteiger partial charge in [0.25, 0.3) is 13.4 Å². The van der Waals surface area contributed by atoms with E-state index in [0.717, 1.165) is 45.6 Å². The summed E-state index contributed by atoms with van der Waals surface area (Å²) in [5.41, 5.74) is 19.9. The number of hydrogen-bond donors (Lipinski definition) is 0. The molecule has 4 nitrogen and oxygen atoms in total. The van der Waals surface area contributed by atoms with E-state index in [1.165, 1.54) is 158 Å². The Morgan fingerprint density at radius 1 is 0.224 bits per heavy atom. The summed E-state index contributed by atoms with van der Waals surface area (Å²) in [4.78, 5) is 7.91. The van der Waals surface area contributed by atoms with Crippen LogP contribution in [0.2, 0.25) is 0 Å². The van der Waals surface area contributed by atoms with E-state index in [9.17, 15) is 0 Å². The molecular formula is C92H65B2N3O. The fourth-order valence-electron chi connectivity index (χ4n) is 17.9. The molecular weight excluding hydrogens is 1180 g/mol. The zero-order chi connectivity index (χ0) is 65.2. The zero-order valence-electron chi connectivity index (χ0n) is 55.5. The fourth-order valence-corrected chi connectivity index (χ4v) is 17.9. The van der Waals surface area contributed by atoms with Gasteiger partial charge in [-0.2, -0.15) is 0 Å². The second kappa shape index (κ2) is 20.0. The van der Waals surface area contributed by atoms with Crippen molar-refractivity contribution in [1.29, 1.82) is 0 Å². The van der Waals surface area contributed by atoms with E-state index in [4.69, 9.17) is 4.74 Å². The van der Waals surface area contributed by atoms with Crippen LogP contribution in [0.4, 0.5) is 51.2 Å². The van der Waals surface area contributed by atoms with E-state index >= 15 is 0 Å². The maximum Gasteiger partial charge on any atom is 0.256 e. The van der Waals surface area contributed by atoms with Crippen LogP contribution in [-0.4, -0.2) is 13.4 Å². The molecule has 4 aliphatic rings. The normalized spacial score (nSPS) is 13.8. The first-order chi connectivity index (χ1) is 47.9.